The van der Waals surface area contributed by atoms with Crippen molar-refractivity contribution in [3.8, 4) is 5.75 Å². The fourth-order valence-electron chi connectivity index (χ4n) is 3.22. The number of carbonyl (C=O) groups is 3. The zero-order valence-corrected chi connectivity index (χ0v) is 17.5. The number of ether oxygens (including phenoxy) is 3. The van der Waals surface area contributed by atoms with Crippen LogP contribution in [-0.4, -0.2) is 53.9 Å². The number of aromatic nitrogens is 3. The number of carbonyl (C=O) groups excluding carboxylic acids is 3. The predicted octanol–water partition coefficient (Wildman–Crippen LogP) is 2.22. The minimum absolute atomic E-state index is 0.0577. The summed E-state index contributed by atoms with van der Waals surface area (Å²) in [6, 6.07) is 5.02. The number of benzene rings is 1. The molecule has 0 atom stereocenters. The van der Waals surface area contributed by atoms with Crippen LogP contribution in [0.2, 0.25) is 0 Å². The van der Waals surface area contributed by atoms with Gasteiger partial charge in [-0.15, -0.1) is 0 Å². The van der Waals surface area contributed by atoms with E-state index in [-0.39, 0.29) is 25.2 Å². The number of hydrogen-bond donors (Lipinski definition) is 2. The van der Waals surface area contributed by atoms with Crippen molar-refractivity contribution in [3.05, 3.63) is 42.4 Å². The van der Waals surface area contributed by atoms with Crippen molar-refractivity contribution in [3.63, 3.8) is 0 Å². The van der Waals surface area contributed by atoms with Gasteiger partial charge >= 0.3 is 11.9 Å². The topological polar surface area (TPSA) is 125 Å². The molecule has 2 heterocycles. The first-order chi connectivity index (χ1) is 14.9. The Kier molecular flexibility index (Phi) is 6.91. The van der Waals surface area contributed by atoms with Gasteiger partial charge in [0.05, 0.1) is 58.5 Å². The molecule has 31 heavy (non-hydrogen) atoms. The summed E-state index contributed by atoms with van der Waals surface area (Å²) < 4.78 is 16.1. The molecule has 0 aliphatic rings. The third kappa shape index (κ3) is 5.41. The normalized spacial score (nSPS) is 10.8. The van der Waals surface area contributed by atoms with Gasteiger partial charge in [-0.05, 0) is 23.8 Å². The van der Waals surface area contributed by atoms with Gasteiger partial charge in [0.25, 0.3) is 0 Å². The zero-order chi connectivity index (χ0) is 22.4. The third-order valence-electron chi connectivity index (χ3n) is 4.84. The molecular formula is C21H24N4O6. The van der Waals surface area contributed by atoms with Crippen LogP contribution >= 0.6 is 0 Å². The Morgan fingerprint density at radius 2 is 1.84 bits per heavy atom. The number of fused-ring (bicyclic) bond motifs is 1. The van der Waals surface area contributed by atoms with Gasteiger partial charge in [-0.3, -0.25) is 19.1 Å². The van der Waals surface area contributed by atoms with Crippen molar-refractivity contribution in [2.45, 2.75) is 25.3 Å². The molecule has 3 rings (SSSR count). The molecule has 0 aliphatic carbocycles. The molecule has 2 N–H and O–H groups in total. The second-order valence-corrected chi connectivity index (χ2v) is 6.87. The molecule has 0 saturated heterocycles. The SMILES string of the molecule is COC(=O)CC(CC(=O)OC)n1cc(NC(=O)Cc2c[nH]c3ccc(OC)cc23)cn1. The van der Waals surface area contributed by atoms with Gasteiger partial charge in [-0.25, -0.2) is 0 Å². The first kappa shape index (κ1) is 21.9. The number of nitrogens with zero attached hydrogens (tertiary/aromatic N) is 2. The number of H-pyrrole nitrogens is 1. The Labute approximate surface area is 178 Å². The van der Waals surface area contributed by atoms with E-state index in [4.69, 9.17) is 4.74 Å². The predicted molar refractivity (Wildman–Crippen MR) is 112 cm³/mol. The lowest BCUT2D eigenvalue weighted by Gasteiger charge is -2.15. The minimum atomic E-state index is -0.591. The van der Waals surface area contributed by atoms with Crippen LogP contribution in [0.25, 0.3) is 10.9 Å². The molecule has 0 spiro atoms. The highest BCUT2D eigenvalue weighted by Gasteiger charge is 2.22. The highest BCUT2D eigenvalue weighted by atomic mass is 16.5. The van der Waals surface area contributed by atoms with Crippen LogP contribution in [0.4, 0.5) is 5.69 Å². The summed E-state index contributed by atoms with van der Waals surface area (Å²) in [5, 5.41) is 7.87. The van der Waals surface area contributed by atoms with Gasteiger partial charge in [-0.1, -0.05) is 0 Å². The standard InChI is InChI=1S/C21H24N4O6/c1-29-16-4-5-18-17(9-16)13(10-22-18)6-19(26)24-14-11-23-25(12-14)15(7-20(27)30-2)8-21(28)31-3/h4-5,9-12,15,22H,6-8H2,1-3H3,(H,24,26). The molecule has 10 nitrogen and oxygen atoms in total. The van der Waals surface area contributed by atoms with Crippen LogP contribution in [-0.2, 0) is 30.3 Å². The maximum atomic E-state index is 12.6. The van der Waals surface area contributed by atoms with Crippen molar-refractivity contribution in [2.75, 3.05) is 26.6 Å². The summed E-state index contributed by atoms with van der Waals surface area (Å²) in [7, 11) is 4.13. The average molecular weight is 428 g/mol. The van der Waals surface area contributed by atoms with Crippen LogP contribution in [0.15, 0.2) is 36.8 Å². The summed E-state index contributed by atoms with van der Waals surface area (Å²) in [5.41, 5.74) is 2.18. The molecule has 0 radical (unpaired) electrons. The van der Waals surface area contributed by atoms with Crippen LogP contribution < -0.4 is 10.1 Å². The summed E-state index contributed by atoms with van der Waals surface area (Å²) in [6.45, 7) is 0. The van der Waals surface area contributed by atoms with Gasteiger partial charge < -0.3 is 24.5 Å². The van der Waals surface area contributed by atoms with E-state index >= 15 is 0 Å². The molecule has 10 heteroatoms. The van der Waals surface area contributed by atoms with Crippen molar-refractivity contribution < 1.29 is 28.6 Å². The second-order valence-electron chi connectivity index (χ2n) is 6.87. The Bertz CT molecular complexity index is 1070. The molecule has 0 aliphatic heterocycles. The molecule has 0 fully saturated rings. The minimum Gasteiger partial charge on any atom is -0.497 e. The number of methoxy groups -OCH3 is 3. The molecule has 0 bridgehead atoms. The van der Waals surface area contributed by atoms with Crippen molar-refractivity contribution in [1.29, 1.82) is 0 Å². The van der Waals surface area contributed by atoms with Gasteiger partial charge in [0, 0.05) is 23.3 Å². The first-order valence-electron chi connectivity index (χ1n) is 9.55. The quantitative estimate of drug-likeness (QED) is 0.501. The number of aromatic amines is 1. The summed E-state index contributed by atoms with van der Waals surface area (Å²) in [6.07, 6.45) is 4.84. The zero-order valence-electron chi connectivity index (χ0n) is 17.5. The fourth-order valence-corrected chi connectivity index (χ4v) is 3.22. The maximum Gasteiger partial charge on any atom is 0.307 e. The van der Waals surface area contributed by atoms with Gasteiger partial charge in [0.1, 0.15) is 5.75 Å². The molecular weight excluding hydrogens is 404 g/mol. The number of nitrogens with one attached hydrogen (secondary N) is 2. The van der Waals surface area contributed by atoms with E-state index in [1.807, 2.05) is 18.2 Å². The molecule has 1 amide bonds. The van der Waals surface area contributed by atoms with Crippen molar-refractivity contribution >= 4 is 34.4 Å². The Balaban J connectivity index is 1.70. The first-order valence-corrected chi connectivity index (χ1v) is 9.55. The fraction of sp³-hybridized carbons (Fsp3) is 0.333. The molecule has 3 aromatic rings. The molecule has 0 unspecified atom stereocenters. The van der Waals surface area contributed by atoms with E-state index in [1.165, 1.54) is 25.1 Å². The number of hydrogen-bond acceptors (Lipinski definition) is 7. The van der Waals surface area contributed by atoms with E-state index in [0.29, 0.717) is 11.4 Å². The monoisotopic (exact) mass is 428 g/mol. The van der Waals surface area contributed by atoms with Gasteiger partial charge in [-0.2, -0.15) is 5.10 Å². The van der Waals surface area contributed by atoms with Crippen LogP contribution in [0.1, 0.15) is 24.4 Å². The Morgan fingerprint density at radius 1 is 1.13 bits per heavy atom. The smallest absolute Gasteiger partial charge is 0.307 e. The van der Waals surface area contributed by atoms with Gasteiger partial charge in [0.2, 0.25) is 5.91 Å². The highest BCUT2D eigenvalue weighted by Crippen LogP contribution is 2.24. The second kappa shape index (κ2) is 9.79. The number of rotatable bonds is 9. The Hall–Kier alpha value is -3.82. The van der Waals surface area contributed by atoms with Gasteiger partial charge in [0.15, 0.2) is 0 Å². The van der Waals surface area contributed by atoms with Crippen LogP contribution in [0.3, 0.4) is 0 Å². The molecule has 1 aromatic carbocycles. The number of anilines is 1. The highest BCUT2D eigenvalue weighted by molar-refractivity contribution is 5.95. The largest absolute Gasteiger partial charge is 0.497 e. The molecule has 164 valence electrons. The Morgan fingerprint density at radius 3 is 2.48 bits per heavy atom. The van der Waals surface area contributed by atoms with Crippen molar-refractivity contribution in [2.24, 2.45) is 0 Å². The summed E-state index contributed by atoms with van der Waals surface area (Å²) in [5.74, 6) is -0.493. The van der Waals surface area contributed by atoms with E-state index < -0.39 is 18.0 Å². The van der Waals surface area contributed by atoms with E-state index in [1.54, 1.807) is 19.5 Å². The number of esters is 2. The third-order valence-corrected chi connectivity index (χ3v) is 4.84. The van der Waals surface area contributed by atoms with E-state index in [9.17, 15) is 14.4 Å². The molecule has 2 aromatic heterocycles. The molecule has 0 saturated carbocycles. The lowest BCUT2D eigenvalue weighted by Crippen LogP contribution is -2.19. The average Bonchev–Trinajstić information content (AvgIpc) is 3.39. The maximum absolute atomic E-state index is 12.6. The van der Waals surface area contributed by atoms with Crippen LogP contribution in [0.5, 0.6) is 5.75 Å². The number of amides is 1. The summed E-state index contributed by atoms with van der Waals surface area (Å²) in [4.78, 5) is 39.1. The van der Waals surface area contributed by atoms with E-state index in [0.717, 1.165) is 16.5 Å². The summed E-state index contributed by atoms with van der Waals surface area (Å²) >= 11 is 0. The van der Waals surface area contributed by atoms with E-state index in [2.05, 4.69) is 24.9 Å². The van der Waals surface area contributed by atoms with Crippen molar-refractivity contribution in [1.82, 2.24) is 14.8 Å². The van der Waals surface area contributed by atoms with Crippen LogP contribution in [0, 0.1) is 0 Å². The lowest BCUT2D eigenvalue weighted by atomic mass is 10.1. The lowest BCUT2D eigenvalue weighted by molar-refractivity contribution is -0.144.